The third-order valence-corrected chi connectivity index (χ3v) is 9.25. The highest BCUT2D eigenvalue weighted by Gasteiger charge is 2.36. The number of piperidine rings is 2. The summed E-state index contributed by atoms with van der Waals surface area (Å²) in [5.41, 5.74) is 2.03. The standard InChI is InChI=1S/C35H56N4O3/c1-24(2)31(22-27(7)34(41)38-20-17-29(18-21-38)23-28-14-10-9-11-15-28)37(8)35(42)32(25(3)4)36-33(40)30-16-12-13-19-39(30)26(5)6/h9-11,14-15,22,24-26,29-32H,12-13,16-21,23H2,1-8H3,(H,36,40)/t30-,31-,32+/m1/s1. The number of nitrogens with zero attached hydrogens (tertiary/aromatic N) is 3. The van der Waals surface area contributed by atoms with Crippen molar-refractivity contribution in [1.82, 2.24) is 20.0 Å². The SMILES string of the molecule is CC(=C[C@H](C(C)C)N(C)C(=O)[C@@H](NC(=O)[C@H]1CCCCN1C(C)C)C(C)C)C(=O)N1CCC(Cc2ccccc2)CC1. The minimum atomic E-state index is -0.618. The molecule has 2 aliphatic rings. The lowest BCUT2D eigenvalue weighted by molar-refractivity contribution is -0.140. The molecule has 3 atom stereocenters. The zero-order valence-electron chi connectivity index (χ0n) is 27.4. The fourth-order valence-corrected chi connectivity index (χ4v) is 6.60. The van der Waals surface area contributed by atoms with Crippen molar-refractivity contribution in [3.05, 3.63) is 47.5 Å². The smallest absolute Gasteiger partial charge is 0.249 e. The fourth-order valence-electron chi connectivity index (χ4n) is 6.60. The molecular weight excluding hydrogens is 524 g/mol. The van der Waals surface area contributed by atoms with E-state index in [1.54, 1.807) is 11.9 Å². The lowest BCUT2D eigenvalue weighted by Gasteiger charge is -2.39. The van der Waals surface area contributed by atoms with E-state index in [2.05, 4.69) is 62.2 Å². The van der Waals surface area contributed by atoms with Crippen LogP contribution >= 0.6 is 0 Å². The summed E-state index contributed by atoms with van der Waals surface area (Å²) in [6, 6.07) is 9.79. The minimum absolute atomic E-state index is 0.0532. The molecule has 1 aromatic rings. The third kappa shape index (κ3) is 8.92. The zero-order valence-corrected chi connectivity index (χ0v) is 27.4. The molecule has 3 rings (SSSR count). The molecule has 0 aromatic heterocycles. The number of rotatable bonds is 11. The Balaban J connectivity index is 1.65. The molecule has 0 aliphatic carbocycles. The lowest BCUT2D eigenvalue weighted by Crippen LogP contribution is -2.58. The Hall–Kier alpha value is -2.67. The van der Waals surface area contributed by atoms with Crippen molar-refractivity contribution < 1.29 is 14.4 Å². The zero-order chi connectivity index (χ0) is 31.0. The Kier molecular flexibility index (Phi) is 12.6. The second kappa shape index (κ2) is 15.7. The number of benzene rings is 1. The first-order valence-electron chi connectivity index (χ1n) is 16.2. The van der Waals surface area contributed by atoms with E-state index < -0.39 is 6.04 Å². The highest BCUT2D eigenvalue weighted by molar-refractivity contribution is 5.93. The molecule has 0 saturated carbocycles. The number of amides is 3. The van der Waals surface area contributed by atoms with Gasteiger partial charge in [0.25, 0.3) is 0 Å². The minimum Gasteiger partial charge on any atom is -0.343 e. The number of nitrogens with one attached hydrogen (secondary N) is 1. The number of hydrogen-bond donors (Lipinski definition) is 1. The quantitative estimate of drug-likeness (QED) is 0.361. The van der Waals surface area contributed by atoms with Gasteiger partial charge in [-0.05, 0) is 82.7 Å². The van der Waals surface area contributed by atoms with Crippen LogP contribution in [0.25, 0.3) is 0 Å². The average molecular weight is 581 g/mol. The van der Waals surface area contributed by atoms with Crippen molar-refractivity contribution in [2.24, 2.45) is 17.8 Å². The topological polar surface area (TPSA) is 73.0 Å². The number of carbonyl (C=O) groups is 3. The van der Waals surface area contributed by atoms with E-state index in [-0.39, 0.29) is 47.7 Å². The van der Waals surface area contributed by atoms with Crippen molar-refractivity contribution >= 4 is 17.7 Å². The van der Waals surface area contributed by atoms with Crippen LogP contribution in [-0.4, -0.2) is 83.3 Å². The molecule has 3 amide bonds. The summed E-state index contributed by atoms with van der Waals surface area (Å²) in [4.78, 5) is 46.7. The highest BCUT2D eigenvalue weighted by Crippen LogP contribution is 2.24. The molecule has 2 fully saturated rings. The Bertz CT molecular complexity index is 1060. The molecule has 2 aliphatic heterocycles. The van der Waals surface area contributed by atoms with E-state index in [1.807, 2.05) is 37.8 Å². The Morgan fingerprint density at radius 1 is 0.929 bits per heavy atom. The molecule has 2 heterocycles. The predicted octanol–water partition coefficient (Wildman–Crippen LogP) is 5.30. The highest BCUT2D eigenvalue weighted by atomic mass is 16.2. The summed E-state index contributed by atoms with van der Waals surface area (Å²) in [5.74, 6) is 0.537. The van der Waals surface area contributed by atoms with Gasteiger partial charge in [0.2, 0.25) is 17.7 Å². The molecule has 1 N–H and O–H groups in total. The van der Waals surface area contributed by atoms with Crippen LogP contribution in [-0.2, 0) is 20.8 Å². The maximum absolute atomic E-state index is 13.9. The predicted molar refractivity (Wildman–Crippen MR) is 171 cm³/mol. The third-order valence-electron chi connectivity index (χ3n) is 9.25. The monoisotopic (exact) mass is 580 g/mol. The first kappa shape index (κ1) is 33.8. The van der Waals surface area contributed by atoms with E-state index >= 15 is 0 Å². The first-order chi connectivity index (χ1) is 19.9. The van der Waals surface area contributed by atoms with Crippen LogP contribution in [0.15, 0.2) is 42.0 Å². The van der Waals surface area contributed by atoms with Crippen molar-refractivity contribution in [2.75, 3.05) is 26.7 Å². The summed E-state index contributed by atoms with van der Waals surface area (Å²) in [6.45, 7) is 16.7. The van der Waals surface area contributed by atoms with Crippen LogP contribution in [0.3, 0.4) is 0 Å². The summed E-state index contributed by atoms with van der Waals surface area (Å²) in [7, 11) is 1.80. The number of carbonyl (C=O) groups excluding carboxylic acids is 3. The molecule has 0 unspecified atom stereocenters. The van der Waals surface area contributed by atoms with Gasteiger partial charge in [-0.3, -0.25) is 19.3 Å². The Morgan fingerprint density at radius 2 is 1.57 bits per heavy atom. The van der Waals surface area contributed by atoms with Crippen LogP contribution in [0.2, 0.25) is 0 Å². The molecule has 7 heteroatoms. The van der Waals surface area contributed by atoms with Crippen molar-refractivity contribution in [2.45, 2.75) is 111 Å². The van der Waals surface area contributed by atoms with Gasteiger partial charge >= 0.3 is 0 Å². The number of likely N-dealkylation sites (N-methyl/N-ethyl adjacent to an activating group) is 1. The molecule has 1 aromatic carbocycles. The van der Waals surface area contributed by atoms with Crippen molar-refractivity contribution in [3.8, 4) is 0 Å². The molecular formula is C35H56N4O3. The molecule has 234 valence electrons. The fraction of sp³-hybridized carbons (Fsp3) is 0.686. The van der Waals surface area contributed by atoms with Gasteiger partial charge < -0.3 is 15.1 Å². The van der Waals surface area contributed by atoms with Crippen molar-refractivity contribution in [1.29, 1.82) is 0 Å². The largest absolute Gasteiger partial charge is 0.343 e. The molecule has 0 bridgehead atoms. The maximum Gasteiger partial charge on any atom is 0.249 e. The van der Waals surface area contributed by atoms with Gasteiger partial charge in [-0.15, -0.1) is 0 Å². The van der Waals surface area contributed by atoms with E-state index in [9.17, 15) is 14.4 Å². The van der Waals surface area contributed by atoms with Gasteiger partial charge in [-0.2, -0.15) is 0 Å². The van der Waals surface area contributed by atoms with Gasteiger partial charge in [-0.1, -0.05) is 70.5 Å². The van der Waals surface area contributed by atoms with Crippen LogP contribution in [0.4, 0.5) is 0 Å². The van der Waals surface area contributed by atoms with Crippen LogP contribution in [0.5, 0.6) is 0 Å². The van der Waals surface area contributed by atoms with Crippen LogP contribution in [0.1, 0.15) is 86.1 Å². The number of likely N-dealkylation sites (tertiary alicyclic amines) is 2. The van der Waals surface area contributed by atoms with Gasteiger partial charge in [0.15, 0.2) is 0 Å². The summed E-state index contributed by atoms with van der Waals surface area (Å²) in [5, 5.41) is 3.13. The average Bonchev–Trinajstić information content (AvgIpc) is 2.97. The van der Waals surface area contributed by atoms with E-state index in [0.29, 0.717) is 11.5 Å². The Morgan fingerprint density at radius 3 is 2.14 bits per heavy atom. The first-order valence-corrected chi connectivity index (χ1v) is 16.2. The molecule has 2 saturated heterocycles. The Labute approximate surface area is 255 Å². The van der Waals surface area contributed by atoms with Crippen LogP contribution in [0, 0.1) is 17.8 Å². The normalized spacial score (nSPS) is 20.6. The number of hydrogen-bond acceptors (Lipinski definition) is 4. The van der Waals surface area contributed by atoms with E-state index in [0.717, 1.165) is 58.2 Å². The van der Waals surface area contributed by atoms with E-state index in [1.165, 1.54) is 5.56 Å². The summed E-state index contributed by atoms with van der Waals surface area (Å²) in [6.07, 6.45) is 7.98. The lowest BCUT2D eigenvalue weighted by atomic mass is 9.90. The van der Waals surface area contributed by atoms with Gasteiger partial charge in [0.05, 0.1) is 12.1 Å². The van der Waals surface area contributed by atoms with Gasteiger partial charge in [0.1, 0.15) is 6.04 Å². The molecule has 0 spiro atoms. The van der Waals surface area contributed by atoms with Crippen LogP contribution < -0.4 is 5.32 Å². The van der Waals surface area contributed by atoms with E-state index in [4.69, 9.17) is 0 Å². The summed E-state index contributed by atoms with van der Waals surface area (Å²) >= 11 is 0. The van der Waals surface area contributed by atoms with Gasteiger partial charge in [-0.25, -0.2) is 0 Å². The maximum atomic E-state index is 13.9. The molecule has 0 radical (unpaired) electrons. The second-order valence-corrected chi connectivity index (χ2v) is 13.5. The second-order valence-electron chi connectivity index (χ2n) is 13.5. The summed E-state index contributed by atoms with van der Waals surface area (Å²) < 4.78 is 0. The molecule has 42 heavy (non-hydrogen) atoms. The van der Waals surface area contributed by atoms with Crippen molar-refractivity contribution in [3.63, 3.8) is 0 Å². The molecule has 7 nitrogen and oxygen atoms in total. The van der Waals surface area contributed by atoms with Gasteiger partial charge in [0, 0.05) is 31.8 Å².